The molecule has 0 aromatic carbocycles. The van der Waals surface area contributed by atoms with Crippen molar-refractivity contribution in [3.8, 4) is 0 Å². The van der Waals surface area contributed by atoms with Crippen LogP contribution >= 0.6 is 0 Å². The van der Waals surface area contributed by atoms with Crippen LogP contribution < -0.4 is 0 Å². The van der Waals surface area contributed by atoms with Crippen LogP contribution in [-0.2, 0) is 42.8 Å². The summed E-state index contributed by atoms with van der Waals surface area (Å²) in [6.07, 6.45) is 12.4. The van der Waals surface area contributed by atoms with E-state index in [1.807, 2.05) is 78.8 Å². The summed E-state index contributed by atoms with van der Waals surface area (Å²) in [7, 11) is 6.10. The summed E-state index contributed by atoms with van der Waals surface area (Å²) in [5, 5.41) is 77.8. The van der Waals surface area contributed by atoms with Crippen molar-refractivity contribution in [2.24, 2.45) is 59.2 Å². The first-order valence-corrected chi connectivity index (χ1v) is 28.1. The van der Waals surface area contributed by atoms with E-state index in [9.17, 15) is 50.1 Å². The fourth-order valence-electron chi connectivity index (χ4n) is 10.9. The normalized spacial score (nSPS) is 27.3. The van der Waals surface area contributed by atoms with Gasteiger partial charge in [0.15, 0.2) is 12.2 Å². The Bertz CT molecular complexity index is 1970. The second-order valence-electron chi connectivity index (χ2n) is 23.1. The molecule has 2 aliphatic heterocycles. The molecule has 16 nitrogen and oxygen atoms in total. The van der Waals surface area contributed by atoms with Crippen LogP contribution in [0.2, 0.25) is 0 Å². The molecule has 77 heavy (non-hydrogen) atoms. The number of cyclic esters (lactones) is 2. The van der Waals surface area contributed by atoms with Gasteiger partial charge in [0.2, 0.25) is 0 Å². The maximum Gasteiger partial charge on any atom is 0.340 e. The molecule has 2 rings (SSSR count). The number of aliphatic hydroxyl groups is 7. The maximum atomic E-state index is 13.2. The minimum Gasteiger partial charge on any atom is -0.466 e. The van der Waals surface area contributed by atoms with Crippen LogP contribution in [0, 0.1) is 59.2 Å². The number of hydrogen-bond donors (Lipinski definition) is 7. The topological polar surface area (TPSA) is 248 Å². The summed E-state index contributed by atoms with van der Waals surface area (Å²) in [5.74, 6) is -3.82. The monoisotopic (exact) mass is 1090 g/mol. The summed E-state index contributed by atoms with van der Waals surface area (Å²) in [4.78, 5) is 37.1. The Morgan fingerprint density at radius 3 is 1.97 bits per heavy atom. The highest BCUT2D eigenvalue weighted by atomic mass is 16.6. The number of carbonyl (C=O) groups is 3. The molecule has 7 N–H and O–H groups in total. The van der Waals surface area contributed by atoms with Gasteiger partial charge in [-0.2, -0.15) is 0 Å². The van der Waals surface area contributed by atoms with Gasteiger partial charge in [-0.05, 0) is 107 Å². The summed E-state index contributed by atoms with van der Waals surface area (Å²) in [6.45, 7) is 22.8. The van der Waals surface area contributed by atoms with E-state index in [0.29, 0.717) is 56.3 Å². The summed E-state index contributed by atoms with van der Waals surface area (Å²) >= 11 is 0. The van der Waals surface area contributed by atoms with Crippen LogP contribution in [0.1, 0.15) is 141 Å². The first-order valence-electron chi connectivity index (χ1n) is 28.1. The van der Waals surface area contributed by atoms with Gasteiger partial charge in [-0.25, -0.2) is 14.4 Å². The molecule has 1 saturated heterocycles. The molecule has 21 atom stereocenters. The highest BCUT2D eigenvalue weighted by Gasteiger charge is 2.52. The van der Waals surface area contributed by atoms with Crippen molar-refractivity contribution in [3.63, 3.8) is 0 Å². The van der Waals surface area contributed by atoms with Crippen molar-refractivity contribution >= 4 is 17.9 Å². The molecule has 0 spiro atoms. The smallest absolute Gasteiger partial charge is 0.340 e. The van der Waals surface area contributed by atoms with Gasteiger partial charge in [-0.15, -0.1) is 0 Å². The lowest BCUT2D eigenvalue weighted by atomic mass is 9.73. The molecule has 1 fully saturated rings. The fourth-order valence-corrected chi connectivity index (χ4v) is 10.9. The van der Waals surface area contributed by atoms with Gasteiger partial charge in [0.05, 0.1) is 49.8 Å². The Morgan fingerprint density at radius 2 is 1.38 bits per heavy atom. The Hall–Kier alpha value is -3.55. The zero-order chi connectivity index (χ0) is 58.5. The number of hydrogen-bond acceptors (Lipinski definition) is 16. The molecule has 21 unspecified atom stereocenters. The van der Waals surface area contributed by atoms with Crippen LogP contribution in [0.5, 0.6) is 0 Å². The van der Waals surface area contributed by atoms with E-state index in [-0.39, 0.29) is 66.2 Å². The van der Waals surface area contributed by atoms with Crippen molar-refractivity contribution in [2.75, 3.05) is 28.4 Å². The molecule has 2 aliphatic rings. The van der Waals surface area contributed by atoms with Crippen molar-refractivity contribution in [1.29, 1.82) is 0 Å². The molecule has 0 aromatic rings. The predicted octanol–water partition coefficient (Wildman–Crippen LogP) is 7.90. The third-order valence-corrected chi connectivity index (χ3v) is 17.0. The summed E-state index contributed by atoms with van der Waals surface area (Å²) < 4.78 is 33.4. The van der Waals surface area contributed by atoms with Crippen molar-refractivity contribution < 1.29 is 78.6 Å². The number of methoxy groups -OCH3 is 4. The molecule has 0 aliphatic carbocycles. The molecule has 16 heteroatoms. The zero-order valence-corrected chi connectivity index (χ0v) is 49.4. The van der Waals surface area contributed by atoms with Gasteiger partial charge in [0.25, 0.3) is 0 Å². The standard InChI is InChI=1S/C61H102O16/c1-35(30-41(7)54(65)45(11)55(66)46(12)57(75-16)39(5)21-19-17-18-20-22-53(64)74-15)29-40(6)52-34-61(71,58(68)60(70)77-52)42(8)26-28-47(72-13)31-48(73-14)32-50(63)38(4)24-23-36(2)44(10)51-33-49(56(67)59(69)76-51)37(3)25-27-43(9)62/h17-22,29-30,33,36-40,42-50,52,54-58,62-63,65-68,71H,23-28,31-32,34H2,1-16H3/b18-17+,21-19+,22-20+,35-29+,41-30+. The van der Waals surface area contributed by atoms with Gasteiger partial charge in [-0.3, -0.25) is 0 Å². The maximum absolute atomic E-state index is 13.2. The largest absolute Gasteiger partial charge is 0.466 e. The second-order valence-corrected chi connectivity index (χ2v) is 23.1. The van der Waals surface area contributed by atoms with Crippen LogP contribution in [0.25, 0.3) is 0 Å². The van der Waals surface area contributed by atoms with Crippen molar-refractivity contribution in [1.82, 2.24) is 0 Å². The molecule has 0 aromatic heterocycles. The number of esters is 3. The van der Waals surface area contributed by atoms with E-state index < -0.39 is 84.0 Å². The van der Waals surface area contributed by atoms with Crippen LogP contribution in [0.3, 0.4) is 0 Å². The average molecular weight is 1090 g/mol. The molecule has 0 bridgehead atoms. The van der Waals surface area contributed by atoms with Crippen LogP contribution in [-0.4, -0.2) is 149 Å². The Balaban J connectivity index is 2.03. The van der Waals surface area contributed by atoms with Gasteiger partial charge in [0.1, 0.15) is 17.5 Å². The fraction of sp³-hybridized carbons (Fsp3) is 0.754. The van der Waals surface area contributed by atoms with E-state index in [0.717, 1.165) is 12.0 Å². The SMILES string of the molecule is COC(=O)/C=C/C=C/C=C/C(C)C(OC)C(C)C(O)C(C)C(O)/C(C)=C/C(C)=C/C(C)C1CC(O)(C(C)CCC(CC(CC(O)C(C)CCC(C)C(C)C2=CC(C(C)CCC(C)O)C(O)C(=O)O2)OC)OC)C(O)C(=O)O1. The lowest BCUT2D eigenvalue weighted by Crippen LogP contribution is -2.59. The van der Waals surface area contributed by atoms with Gasteiger partial charge in [0, 0.05) is 69.3 Å². The van der Waals surface area contributed by atoms with E-state index >= 15 is 0 Å². The van der Waals surface area contributed by atoms with Crippen LogP contribution in [0.15, 0.2) is 71.6 Å². The molecule has 2 heterocycles. The second kappa shape index (κ2) is 33.9. The van der Waals surface area contributed by atoms with Gasteiger partial charge in [-0.1, -0.05) is 110 Å². The zero-order valence-electron chi connectivity index (χ0n) is 49.4. The average Bonchev–Trinajstić information content (AvgIpc) is 3.39. The Kier molecular flexibility index (Phi) is 30.6. The number of rotatable bonds is 34. The lowest BCUT2D eigenvalue weighted by Gasteiger charge is -2.44. The third-order valence-electron chi connectivity index (χ3n) is 17.0. The van der Waals surface area contributed by atoms with Crippen molar-refractivity contribution in [2.45, 2.75) is 208 Å². The first-order chi connectivity index (χ1) is 36.1. The van der Waals surface area contributed by atoms with E-state index in [4.69, 9.17) is 23.7 Å². The third kappa shape index (κ3) is 21.5. The molecule has 0 radical (unpaired) electrons. The summed E-state index contributed by atoms with van der Waals surface area (Å²) in [5.41, 5.74) is -0.390. The molecular weight excluding hydrogens is 989 g/mol. The van der Waals surface area contributed by atoms with Gasteiger partial charge < -0.3 is 64.2 Å². The molecular formula is C61H102O16. The summed E-state index contributed by atoms with van der Waals surface area (Å²) in [6, 6.07) is 0. The first kappa shape index (κ1) is 69.6. The van der Waals surface area contributed by atoms with E-state index in [2.05, 4.69) is 11.7 Å². The van der Waals surface area contributed by atoms with Gasteiger partial charge >= 0.3 is 17.9 Å². The van der Waals surface area contributed by atoms with Crippen LogP contribution in [0.4, 0.5) is 0 Å². The molecule has 442 valence electrons. The predicted molar refractivity (Wildman–Crippen MR) is 298 cm³/mol. The quantitative estimate of drug-likeness (QED) is 0.0140. The number of carbonyl (C=O) groups excluding carboxylic acids is 3. The highest BCUT2D eigenvalue weighted by Crippen LogP contribution is 2.40. The van der Waals surface area contributed by atoms with E-state index in [1.165, 1.54) is 13.2 Å². The Labute approximate surface area is 461 Å². The van der Waals surface area contributed by atoms with Crippen molar-refractivity contribution in [3.05, 3.63) is 71.6 Å². The minimum atomic E-state index is -1.79. The number of allylic oxidation sites excluding steroid dienone is 7. The number of ether oxygens (including phenoxy) is 6. The Morgan fingerprint density at radius 1 is 0.753 bits per heavy atom. The minimum absolute atomic E-state index is 0.00823. The van der Waals surface area contributed by atoms with E-state index in [1.54, 1.807) is 67.3 Å². The highest BCUT2D eigenvalue weighted by molar-refractivity contribution is 5.82. The molecule has 0 amide bonds. The number of aliphatic hydroxyl groups excluding tert-OH is 6. The molecule has 0 saturated carbocycles. The lowest BCUT2D eigenvalue weighted by molar-refractivity contribution is -0.212.